The smallest absolute Gasteiger partial charge is 0.254 e. The molecule has 8 heteroatoms. The Morgan fingerprint density at radius 3 is 2.31 bits per heavy atom. The third-order valence-corrected chi connectivity index (χ3v) is 6.75. The molecule has 3 unspecified atom stereocenters. The van der Waals surface area contributed by atoms with Crippen LogP contribution in [0.25, 0.3) is 0 Å². The van der Waals surface area contributed by atoms with Gasteiger partial charge < -0.3 is 20.9 Å². The van der Waals surface area contributed by atoms with Gasteiger partial charge in [0.05, 0.1) is 12.6 Å². The van der Waals surface area contributed by atoms with Gasteiger partial charge in [0.15, 0.2) is 5.78 Å². The van der Waals surface area contributed by atoms with E-state index in [9.17, 15) is 19.2 Å². The summed E-state index contributed by atoms with van der Waals surface area (Å²) >= 11 is 0. The van der Waals surface area contributed by atoms with Gasteiger partial charge >= 0.3 is 0 Å². The number of benzene rings is 2. The molecule has 2 saturated heterocycles. The number of Topliss-reactive ketones (excluding diaryl/α,β-unsaturated/α-hetero) is 1. The number of carbonyl (C=O) groups excluding carboxylic acids is 4. The van der Waals surface area contributed by atoms with Crippen LogP contribution in [0.3, 0.4) is 0 Å². The molecule has 35 heavy (non-hydrogen) atoms. The quantitative estimate of drug-likeness (QED) is 0.635. The van der Waals surface area contributed by atoms with Crippen molar-refractivity contribution in [1.29, 1.82) is 0 Å². The van der Waals surface area contributed by atoms with Crippen LogP contribution >= 0.6 is 0 Å². The fourth-order valence-electron chi connectivity index (χ4n) is 5.01. The average Bonchev–Trinajstić information content (AvgIpc) is 3.44. The molecule has 0 saturated carbocycles. The third kappa shape index (κ3) is 5.12. The van der Waals surface area contributed by atoms with Crippen LogP contribution in [0.2, 0.25) is 0 Å². The zero-order valence-electron chi connectivity index (χ0n) is 20.1. The highest BCUT2D eigenvalue weighted by atomic mass is 16.2. The van der Waals surface area contributed by atoms with Crippen LogP contribution < -0.4 is 11.1 Å². The van der Waals surface area contributed by atoms with Crippen LogP contribution in [0, 0.1) is 5.92 Å². The van der Waals surface area contributed by atoms with Gasteiger partial charge in [-0.2, -0.15) is 0 Å². The maximum absolute atomic E-state index is 13.6. The highest BCUT2D eigenvalue weighted by Gasteiger charge is 2.52. The molecule has 3 N–H and O–H groups in total. The van der Waals surface area contributed by atoms with Crippen molar-refractivity contribution in [1.82, 2.24) is 15.1 Å². The van der Waals surface area contributed by atoms with E-state index in [4.69, 9.17) is 5.73 Å². The Morgan fingerprint density at radius 1 is 1.00 bits per heavy atom. The number of carbonyl (C=O) groups is 4. The molecule has 2 fully saturated rings. The molecule has 2 heterocycles. The predicted molar refractivity (Wildman–Crippen MR) is 131 cm³/mol. The largest absolute Gasteiger partial charge is 0.340 e. The zero-order valence-corrected chi connectivity index (χ0v) is 20.1. The first kappa shape index (κ1) is 24.6. The summed E-state index contributed by atoms with van der Waals surface area (Å²) in [4.78, 5) is 55.7. The minimum atomic E-state index is -0.762. The molecule has 0 spiro atoms. The number of ketones is 1. The molecule has 2 aliphatic heterocycles. The summed E-state index contributed by atoms with van der Waals surface area (Å²) in [6.07, 6.45) is 0.976. The first-order valence-electron chi connectivity index (χ1n) is 12.1. The second-order valence-corrected chi connectivity index (χ2v) is 9.65. The Labute approximate surface area is 205 Å². The van der Waals surface area contributed by atoms with E-state index in [-0.39, 0.29) is 42.0 Å². The number of nitrogens with zero attached hydrogens (tertiary/aromatic N) is 2. The molecular weight excluding hydrogens is 444 g/mol. The molecule has 2 aliphatic rings. The van der Waals surface area contributed by atoms with Gasteiger partial charge in [0.1, 0.15) is 12.1 Å². The van der Waals surface area contributed by atoms with Gasteiger partial charge in [0.2, 0.25) is 5.91 Å². The lowest BCUT2D eigenvalue weighted by molar-refractivity contribution is -0.138. The van der Waals surface area contributed by atoms with Crippen LogP contribution in [0.5, 0.6) is 0 Å². The maximum atomic E-state index is 13.6. The summed E-state index contributed by atoms with van der Waals surface area (Å²) in [6, 6.07) is 14.0. The number of nitrogens with two attached hydrogens (primary N) is 1. The second-order valence-electron chi connectivity index (χ2n) is 9.65. The zero-order chi connectivity index (χ0) is 25.1. The van der Waals surface area contributed by atoms with E-state index in [0.717, 1.165) is 5.56 Å². The Kier molecular flexibility index (Phi) is 7.31. The molecule has 0 radical (unpaired) electrons. The Morgan fingerprint density at radius 2 is 1.69 bits per heavy atom. The number of amides is 3. The van der Waals surface area contributed by atoms with Crippen molar-refractivity contribution < 1.29 is 19.2 Å². The van der Waals surface area contributed by atoms with E-state index in [1.54, 1.807) is 58.3 Å². The summed E-state index contributed by atoms with van der Waals surface area (Å²) in [5, 5.41) is 2.88. The second kappa shape index (κ2) is 10.4. The number of rotatable bonds is 7. The highest BCUT2D eigenvalue weighted by Crippen LogP contribution is 2.31. The van der Waals surface area contributed by atoms with Crippen molar-refractivity contribution in [3.63, 3.8) is 0 Å². The molecule has 0 aromatic heterocycles. The molecule has 0 bridgehead atoms. The van der Waals surface area contributed by atoms with Crippen molar-refractivity contribution in [2.45, 2.75) is 51.4 Å². The standard InChI is InChI=1S/C27H32N4O4/c1-17(2)14-21(29-25(33)19-10-8-18(15-28)9-11-19)27(35)30-13-12-22-24(30)23(32)16-31(22)26(34)20-6-4-3-5-7-20/h3-11,17,21-22,24H,12-16,28H2,1-2H3,(H,29,33). The van der Waals surface area contributed by atoms with E-state index in [2.05, 4.69) is 5.32 Å². The predicted octanol–water partition coefficient (Wildman–Crippen LogP) is 1.98. The molecule has 184 valence electrons. The average molecular weight is 477 g/mol. The SMILES string of the molecule is CC(C)CC(NC(=O)c1ccc(CN)cc1)C(=O)N1CCC2C1C(=O)CN2C(=O)c1ccccc1. The lowest BCUT2D eigenvalue weighted by Crippen LogP contribution is -2.53. The van der Waals surface area contributed by atoms with Gasteiger partial charge in [-0.1, -0.05) is 44.2 Å². The molecule has 2 aromatic rings. The summed E-state index contributed by atoms with van der Waals surface area (Å²) in [7, 11) is 0. The highest BCUT2D eigenvalue weighted by molar-refractivity contribution is 6.03. The van der Waals surface area contributed by atoms with Crippen molar-refractivity contribution in [2.24, 2.45) is 11.7 Å². The molecule has 4 rings (SSSR count). The summed E-state index contributed by atoms with van der Waals surface area (Å²) in [6.45, 7) is 4.70. The number of hydrogen-bond acceptors (Lipinski definition) is 5. The molecule has 3 atom stereocenters. The van der Waals surface area contributed by atoms with Crippen LogP contribution in [-0.2, 0) is 16.1 Å². The fraction of sp³-hybridized carbons (Fsp3) is 0.407. The van der Waals surface area contributed by atoms with Crippen LogP contribution in [0.15, 0.2) is 54.6 Å². The van der Waals surface area contributed by atoms with E-state index < -0.39 is 12.1 Å². The van der Waals surface area contributed by atoms with Gasteiger partial charge in [-0.3, -0.25) is 19.2 Å². The minimum Gasteiger partial charge on any atom is -0.340 e. The van der Waals surface area contributed by atoms with Crippen LogP contribution in [0.1, 0.15) is 53.0 Å². The van der Waals surface area contributed by atoms with Crippen LogP contribution in [-0.4, -0.2) is 64.5 Å². The van der Waals surface area contributed by atoms with Crippen LogP contribution in [0.4, 0.5) is 0 Å². The van der Waals surface area contributed by atoms with E-state index in [1.807, 2.05) is 19.9 Å². The Balaban J connectivity index is 1.50. The molecule has 0 aliphatic carbocycles. The molecule has 2 aromatic carbocycles. The number of nitrogens with one attached hydrogen (secondary N) is 1. The molecule has 3 amide bonds. The van der Waals surface area contributed by atoms with E-state index in [1.165, 1.54) is 0 Å². The number of hydrogen-bond donors (Lipinski definition) is 2. The van der Waals surface area contributed by atoms with Gasteiger partial charge in [0, 0.05) is 24.2 Å². The molecular formula is C27H32N4O4. The van der Waals surface area contributed by atoms with Gasteiger partial charge in [0.25, 0.3) is 11.8 Å². The van der Waals surface area contributed by atoms with Crippen molar-refractivity contribution in [3.8, 4) is 0 Å². The van der Waals surface area contributed by atoms with Crippen molar-refractivity contribution in [2.75, 3.05) is 13.1 Å². The minimum absolute atomic E-state index is 0.0124. The monoisotopic (exact) mass is 476 g/mol. The summed E-state index contributed by atoms with van der Waals surface area (Å²) in [5.41, 5.74) is 7.51. The summed E-state index contributed by atoms with van der Waals surface area (Å²) < 4.78 is 0. The Bertz CT molecular complexity index is 1100. The first-order valence-corrected chi connectivity index (χ1v) is 12.1. The first-order chi connectivity index (χ1) is 16.8. The fourth-order valence-corrected chi connectivity index (χ4v) is 5.01. The van der Waals surface area contributed by atoms with Crippen molar-refractivity contribution in [3.05, 3.63) is 71.3 Å². The lowest BCUT2D eigenvalue weighted by Gasteiger charge is -2.29. The van der Waals surface area contributed by atoms with E-state index in [0.29, 0.717) is 37.1 Å². The topological polar surface area (TPSA) is 113 Å². The van der Waals surface area contributed by atoms with Gasteiger partial charge in [-0.15, -0.1) is 0 Å². The normalized spacial score (nSPS) is 20.2. The maximum Gasteiger partial charge on any atom is 0.254 e. The third-order valence-electron chi connectivity index (χ3n) is 6.75. The summed E-state index contributed by atoms with van der Waals surface area (Å²) in [5.74, 6) is -0.814. The molecule has 8 nitrogen and oxygen atoms in total. The van der Waals surface area contributed by atoms with Gasteiger partial charge in [-0.05, 0) is 48.6 Å². The number of fused-ring (bicyclic) bond motifs is 1. The Hall–Kier alpha value is -3.52. The number of likely N-dealkylation sites (tertiary alicyclic amines) is 2. The van der Waals surface area contributed by atoms with Crippen molar-refractivity contribution >= 4 is 23.5 Å². The van der Waals surface area contributed by atoms with Gasteiger partial charge in [-0.25, -0.2) is 0 Å². The lowest BCUT2D eigenvalue weighted by atomic mass is 10.0. The van der Waals surface area contributed by atoms with E-state index >= 15 is 0 Å².